The first-order valence-corrected chi connectivity index (χ1v) is 9.94. The monoisotopic (exact) mass is 395 g/mol. The normalized spacial score (nSPS) is 11.4. The summed E-state index contributed by atoms with van der Waals surface area (Å²) in [4.78, 5) is 21.7. The average molecular weight is 395 g/mol. The van der Waals surface area contributed by atoms with Crippen LogP contribution in [-0.2, 0) is 0 Å². The van der Waals surface area contributed by atoms with Crippen molar-refractivity contribution in [1.29, 1.82) is 0 Å². The van der Waals surface area contributed by atoms with Crippen molar-refractivity contribution in [2.75, 3.05) is 0 Å². The Morgan fingerprint density at radius 2 is 1.86 bits per heavy atom. The van der Waals surface area contributed by atoms with Crippen molar-refractivity contribution < 1.29 is 0 Å². The molecule has 6 aromatic heterocycles. The molecule has 0 unspecified atom stereocenters. The smallest absolute Gasteiger partial charge is 0.159 e. The number of H-pyrrole nitrogens is 2. The fourth-order valence-electron chi connectivity index (χ4n) is 3.41. The number of nitrogens with zero attached hydrogens (tertiary/aromatic N) is 5. The van der Waals surface area contributed by atoms with Gasteiger partial charge in [0.05, 0.1) is 34.3 Å². The number of thiophene rings is 1. The van der Waals surface area contributed by atoms with E-state index in [4.69, 9.17) is 4.98 Å². The molecule has 0 radical (unpaired) electrons. The Labute approximate surface area is 168 Å². The molecule has 6 rings (SSSR count). The van der Waals surface area contributed by atoms with Gasteiger partial charge in [-0.05, 0) is 35.7 Å². The van der Waals surface area contributed by atoms with Crippen LogP contribution in [0.15, 0.2) is 65.7 Å². The molecule has 0 spiro atoms. The van der Waals surface area contributed by atoms with Crippen LogP contribution in [0.1, 0.15) is 0 Å². The van der Waals surface area contributed by atoms with Gasteiger partial charge in [0.2, 0.25) is 0 Å². The van der Waals surface area contributed by atoms with Gasteiger partial charge in [-0.15, -0.1) is 0 Å². The fraction of sp³-hybridized carbons (Fsp3) is 0. The third-order valence-corrected chi connectivity index (χ3v) is 5.48. The molecule has 2 N–H and O–H groups in total. The van der Waals surface area contributed by atoms with Crippen LogP contribution in [0, 0.1) is 0 Å². The lowest BCUT2D eigenvalue weighted by atomic mass is 10.1. The number of fused-ring (bicyclic) bond motifs is 2. The minimum Gasteiger partial charge on any atom is -0.336 e. The van der Waals surface area contributed by atoms with Crippen LogP contribution >= 0.6 is 11.3 Å². The van der Waals surface area contributed by atoms with E-state index in [2.05, 4.69) is 41.6 Å². The molecule has 0 aliphatic rings. The van der Waals surface area contributed by atoms with Crippen LogP contribution < -0.4 is 0 Å². The molecule has 138 valence electrons. The Hall–Kier alpha value is -3.91. The molecule has 8 heteroatoms. The van der Waals surface area contributed by atoms with Gasteiger partial charge in [-0.3, -0.25) is 20.1 Å². The van der Waals surface area contributed by atoms with E-state index in [9.17, 15) is 0 Å². The Morgan fingerprint density at radius 3 is 2.72 bits per heavy atom. The van der Waals surface area contributed by atoms with Gasteiger partial charge in [0.15, 0.2) is 5.82 Å². The number of hydrogen-bond acceptors (Lipinski definition) is 6. The van der Waals surface area contributed by atoms with Gasteiger partial charge in [0.25, 0.3) is 0 Å². The molecule has 0 atom stereocenters. The quantitative estimate of drug-likeness (QED) is 0.453. The highest BCUT2D eigenvalue weighted by Crippen LogP contribution is 2.31. The molecule has 0 fully saturated rings. The first kappa shape index (κ1) is 16.1. The van der Waals surface area contributed by atoms with E-state index in [0.29, 0.717) is 5.82 Å². The van der Waals surface area contributed by atoms with Crippen molar-refractivity contribution in [2.24, 2.45) is 0 Å². The molecular weight excluding hydrogens is 382 g/mol. The van der Waals surface area contributed by atoms with E-state index in [0.717, 1.165) is 50.3 Å². The molecular formula is C21H13N7S. The summed E-state index contributed by atoms with van der Waals surface area (Å²) in [6.45, 7) is 0. The van der Waals surface area contributed by atoms with Crippen molar-refractivity contribution in [2.45, 2.75) is 0 Å². The lowest BCUT2D eigenvalue weighted by Gasteiger charge is -2.00. The zero-order chi connectivity index (χ0) is 19.2. The molecule has 0 bridgehead atoms. The Balaban J connectivity index is 1.53. The van der Waals surface area contributed by atoms with Crippen LogP contribution in [0.2, 0.25) is 0 Å². The maximum Gasteiger partial charge on any atom is 0.159 e. The number of nitrogens with one attached hydrogen (secondary N) is 2. The van der Waals surface area contributed by atoms with Gasteiger partial charge < -0.3 is 4.98 Å². The second-order valence-corrected chi connectivity index (χ2v) is 7.34. The highest BCUT2D eigenvalue weighted by Gasteiger charge is 2.17. The van der Waals surface area contributed by atoms with E-state index in [1.165, 1.54) is 0 Å². The topological polar surface area (TPSA) is 96.0 Å². The highest BCUT2D eigenvalue weighted by molar-refractivity contribution is 7.08. The van der Waals surface area contributed by atoms with E-state index >= 15 is 0 Å². The maximum absolute atomic E-state index is 4.83. The van der Waals surface area contributed by atoms with E-state index < -0.39 is 0 Å². The molecule has 7 nitrogen and oxygen atoms in total. The van der Waals surface area contributed by atoms with Crippen LogP contribution in [0.5, 0.6) is 0 Å². The van der Waals surface area contributed by atoms with Crippen molar-refractivity contribution in [3.8, 4) is 34.2 Å². The largest absolute Gasteiger partial charge is 0.336 e. The van der Waals surface area contributed by atoms with Gasteiger partial charge in [0.1, 0.15) is 11.2 Å². The third kappa shape index (κ3) is 2.61. The number of aromatic amines is 2. The fourth-order valence-corrected chi connectivity index (χ4v) is 4.05. The molecule has 0 aromatic carbocycles. The molecule has 0 aliphatic carbocycles. The standard InChI is InChI=1S/C21H13N7S/c1-2-6-22-14(3-1)16-9-13-17(10-24-16)27-28-19(13)21-25-15-4-7-23-18(20(15)26-21)12-5-8-29-11-12/h1-11H,(H,25,26)(H,27,28). The van der Waals surface area contributed by atoms with Gasteiger partial charge >= 0.3 is 0 Å². The third-order valence-electron chi connectivity index (χ3n) is 4.79. The molecule has 0 aliphatic heterocycles. The van der Waals surface area contributed by atoms with Crippen LogP contribution in [0.25, 0.3) is 56.1 Å². The highest BCUT2D eigenvalue weighted by atomic mass is 32.1. The van der Waals surface area contributed by atoms with Crippen molar-refractivity contribution in [1.82, 2.24) is 35.1 Å². The second kappa shape index (κ2) is 6.32. The number of imidazole rings is 1. The zero-order valence-electron chi connectivity index (χ0n) is 15.0. The Morgan fingerprint density at radius 1 is 0.862 bits per heavy atom. The Kier molecular flexibility index (Phi) is 3.50. The predicted molar refractivity (Wildman–Crippen MR) is 113 cm³/mol. The molecule has 6 aromatic rings. The summed E-state index contributed by atoms with van der Waals surface area (Å²) in [5, 5.41) is 12.6. The number of pyridine rings is 3. The van der Waals surface area contributed by atoms with Gasteiger partial charge in [-0.1, -0.05) is 6.07 Å². The van der Waals surface area contributed by atoms with Crippen molar-refractivity contribution in [3.63, 3.8) is 0 Å². The van der Waals surface area contributed by atoms with E-state index in [1.54, 1.807) is 29.9 Å². The molecule has 0 saturated carbocycles. The summed E-state index contributed by atoms with van der Waals surface area (Å²) >= 11 is 1.64. The van der Waals surface area contributed by atoms with Crippen molar-refractivity contribution in [3.05, 3.63) is 65.7 Å². The summed E-state index contributed by atoms with van der Waals surface area (Å²) in [6, 6.07) is 11.7. The first-order valence-electron chi connectivity index (χ1n) is 9.00. The molecule has 0 amide bonds. The molecule has 6 heterocycles. The van der Waals surface area contributed by atoms with Crippen molar-refractivity contribution >= 4 is 33.3 Å². The second-order valence-electron chi connectivity index (χ2n) is 6.56. The molecule has 0 saturated heterocycles. The minimum absolute atomic E-state index is 0.689. The summed E-state index contributed by atoms with van der Waals surface area (Å²) in [5.41, 5.74) is 6.87. The average Bonchev–Trinajstić information content (AvgIpc) is 3.52. The summed E-state index contributed by atoms with van der Waals surface area (Å²) in [5.74, 6) is 0.689. The predicted octanol–water partition coefficient (Wildman–Crippen LogP) is 4.69. The summed E-state index contributed by atoms with van der Waals surface area (Å²) < 4.78 is 0. The summed E-state index contributed by atoms with van der Waals surface area (Å²) in [6.07, 6.45) is 5.33. The van der Waals surface area contributed by atoms with Crippen LogP contribution in [0.4, 0.5) is 0 Å². The van der Waals surface area contributed by atoms with E-state index in [1.807, 2.05) is 35.7 Å². The van der Waals surface area contributed by atoms with E-state index in [-0.39, 0.29) is 0 Å². The number of hydrogen-bond donors (Lipinski definition) is 2. The van der Waals surface area contributed by atoms with Crippen LogP contribution in [-0.4, -0.2) is 35.1 Å². The van der Waals surface area contributed by atoms with Gasteiger partial charge in [-0.2, -0.15) is 16.4 Å². The SMILES string of the molecule is c1ccc(-c2cc3c(-c4nc5c(-c6ccsc6)nccc5[nH]4)n[nH]c3cn2)nc1. The first-order chi connectivity index (χ1) is 14.4. The Bertz CT molecular complexity index is 1450. The summed E-state index contributed by atoms with van der Waals surface area (Å²) in [7, 11) is 0. The molecule has 29 heavy (non-hydrogen) atoms. The van der Waals surface area contributed by atoms with Gasteiger partial charge in [-0.25, -0.2) is 4.98 Å². The minimum atomic E-state index is 0.689. The lowest BCUT2D eigenvalue weighted by Crippen LogP contribution is -1.87. The van der Waals surface area contributed by atoms with Gasteiger partial charge in [0, 0.05) is 28.7 Å². The lowest BCUT2D eigenvalue weighted by molar-refractivity contribution is 1.10. The zero-order valence-corrected chi connectivity index (χ0v) is 15.8. The number of rotatable bonds is 3. The maximum atomic E-state index is 4.83. The van der Waals surface area contributed by atoms with Crippen LogP contribution in [0.3, 0.4) is 0 Å². The number of aromatic nitrogens is 7.